The molecule has 0 spiro atoms. The normalized spacial score (nSPS) is 12.3. The maximum absolute atomic E-state index is 13.9. The lowest BCUT2D eigenvalue weighted by molar-refractivity contribution is -0.141. The average molecular weight is 566 g/mol. The number of rotatable bonds is 11. The van der Waals surface area contributed by atoms with Gasteiger partial charge in [0.25, 0.3) is 0 Å². The molecular weight excluding hydrogens is 526 g/mol. The lowest BCUT2D eigenvalue weighted by atomic mass is 10.0. The lowest BCUT2D eigenvalue weighted by Gasteiger charge is -2.34. The standard InChI is InChI=1S/C31H39N3O5S/c1-7-28(30(36)32-31(3,4)5)33(21-24-14-12-11-13-23(24)2)29(35)22-34(40(6,37)38)25-17-19-27(20-18-25)39-26-15-9-8-10-16-26/h8-20,28H,7,21-22H2,1-6H3,(H,32,36). The Labute approximate surface area is 238 Å². The van der Waals surface area contributed by atoms with Gasteiger partial charge in [0, 0.05) is 12.1 Å². The van der Waals surface area contributed by atoms with Crippen molar-refractivity contribution in [3.8, 4) is 11.5 Å². The average Bonchev–Trinajstić information content (AvgIpc) is 2.87. The number of sulfonamides is 1. The van der Waals surface area contributed by atoms with E-state index >= 15 is 0 Å². The van der Waals surface area contributed by atoms with Crippen LogP contribution < -0.4 is 14.4 Å². The maximum atomic E-state index is 13.9. The third kappa shape index (κ3) is 8.58. The summed E-state index contributed by atoms with van der Waals surface area (Å²) in [4.78, 5) is 28.7. The zero-order valence-electron chi connectivity index (χ0n) is 24.0. The Morgan fingerprint density at radius 1 is 0.900 bits per heavy atom. The largest absolute Gasteiger partial charge is 0.457 e. The predicted molar refractivity (Wildman–Crippen MR) is 159 cm³/mol. The summed E-state index contributed by atoms with van der Waals surface area (Å²) in [5.74, 6) is 0.414. The number of nitrogens with one attached hydrogen (secondary N) is 1. The molecule has 214 valence electrons. The zero-order chi connectivity index (χ0) is 29.5. The predicted octanol–water partition coefficient (Wildman–Crippen LogP) is 5.28. The highest BCUT2D eigenvalue weighted by atomic mass is 32.2. The second kappa shape index (κ2) is 13.0. The second-order valence-electron chi connectivity index (χ2n) is 10.8. The molecule has 3 rings (SSSR count). The fraction of sp³-hybridized carbons (Fsp3) is 0.355. The molecule has 1 atom stereocenters. The van der Waals surface area contributed by atoms with Crippen LogP contribution in [0.5, 0.6) is 11.5 Å². The molecule has 0 bridgehead atoms. The van der Waals surface area contributed by atoms with Crippen molar-refractivity contribution in [3.63, 3.8) is 0 Å². The van der Waals surface area contributed by atoms with Gasteiger partial charge >= 0.3 is 0 Å². The third-order valence-electron chi connectivity index (χ3n) is 6.27. The summed E-state index contributed by atoms with van der Waals surface area (Å²) in [5, 5.41) is 2.97. The van der Waals surface area contributed by atoms with E-state index in [-0.39, 0.29) is 12.5 Å². The highest BCUT2D eigenvalue weighted by molar-refractivity contribution is 7.92. The third-order valence-corrected chi connectivity index (χ3v) is 7.41. The molecule has 0 aliphatic rings. The Bertz CT molecular complexity index is 1400. The van der Waals surface area contributed by atoms with Crippen LogP contribution >= 0.6 is 0 Å². The van der Waals surface area contributed by atoms with Crippen LogP contribution in [0.4, 0.5) is 5.69 Å². The molecule has 0 aromatic heterocycles. The first-order chi connectivity index (χ1) is 18.8. The number of ether oxygens (including phenoxy) is 1. The van der Waals surface area contributed by atoms with Gasteiger partial charge in [0.15, 0.2) is 0 Å². The number of aryl methyl sites for hydroxylation is 1. The van der Waals surface area contributed by atoms with Gasteiger partial charge < -0.3 is 15.0 Å². The summed E-state index contributed by atoms with van der Waals surface area (Å²) >= 11 is 0. The van der Waals surface area contributed by atoms with Crippen LogP contribution in [0.3, 0.4) is 0 Å². The molecule has 40 heavy (non-hydrogen) atoms. The highest BCUT2D eigenvalue weighted by Gasteiger charge is 2.33. The van der Waals surface area contributed by atoms with E-state index in [0.29, 0.717) is 23.6 Å². The lowest BCUT2D eigenvalue weighted by Crippen LogP contribution is -2.55. The molecule has 0 radical (unpaired) electrons. The molecular formula is C31H39N3O5S. The Morgan fingerprint density at radius 3 is 2.02 bits per heavy atom. The van der Waals surface area contributed by atoms with Crippen molar-refractivity contribution in [2.75, 3.05) is 17.1 Å². The van der Waals surface area contributed by atoms with Crippen molar-refractivity contribution in [2.24, 2.45) is 0 Å². The van der Waals surface area contributed by atoms with E-state index in [9.17, 15) is 18.0 Å². The Hall–Kier alpha value is -3.85. The van der Waals surface area contributed by atoms with E-state index in [1.807, 2.05) is 89.2 Å². The number of para-hydroxylation sites is 1. The second-order valence-corrected chi connectivity index (χ2v) is 12.7. The summed E-state index contributed by atoms with van der Waals surface area (Å²) in [7, 11) is -3.84. The minimum Gasteiger partial charge on any atom is -0.457 e. The Morgan fingerprint density at radius 2 is 1.48 bits per heavy atom. The smallest absolute Gasteiger partial charge is 0.244 e. The van der Waals surface area contributed by atoms with Crippen LogP contribution in [0.1, 0.15) is 45.2 Å². The molecule has 3 aromatic rings. The first kappa shape index (κ1) is 30.7. The number of carbonyl (C=O) groups is 2. The molecule has 0 saturated carbocycles. The van der Waals surface area contributed by atoms with Gasteiger partial charge in [-0.3, -0.25) is 13.9 Å². The monoisotopic (exact) mass is 565 g/mol. The minimum absolute atomic E-state index is 0.170. The van der Waals surface area contributed by atoms with Crippen LogP contribution in [0.25, 0.3) is 0 Å². The van der Waals surface area contributed by atoms with Crippen molar-refractivity contribution in [2.45, 2.75) is 59.2 Å². The van der Waals surface area contributed by atoms with Gasteiger partial charge in [0.2, 0.25) is 21.8 Å². The molecule has 0 saturated heterocycles. The first-order valence-electron chi connectivity index (χ1n) is 13.2. The quantitative estimate of drug-likeness (QED) is 0.342. The van der Waals surface area contributed by atoms with E-state index in [2.05, 4.69) is 5.32 Å². The van der Waals surface area contributed by atoms with E-state index in [1.165, 1.54) is 4.90 Å². The summed E-state index contributed by atoms with van der Waals surface area (Å²) in [5.41, 5.74) is 1.68. The number of carbonyl (C=O) groups excluding carboxylic acids is 2. The van der Waals surface area contributed by atoms with Crippen LogP contribution in [0.2, 0.25) is 0 Å². The number of benzene rings is 3. The first-order valence-corrected chi connectivity index (χ1v) is 15.1. The van der Waals surface area contributed by atoms with Crippen molar-refractivity contribution in [1.29, 1.82) is 0 Å². The number of amides is 2. The van der Waals surface area contributed by atoms with Crippen LogP contribution in [0, 0.1) is 6.92 Å². The number of anilines is 1. The Balaban J connectivity index is 1.92. The maximum Gasteiger partial charge on any atom is 0.244 e. The topological polar surface area (TPSA) is 96.0 Å². The molecule has 0 aliphatic heterocycles. The zero-order valence-corrected chi connectivity index (χ0v) is 24.9. The minimum atomic E-state index is -3.84. The molecule has 2 amide bonds. The van der Waals surface area contributed by atoms with Gasteiger partial charge in [0.1, 0.15) is 24.1 Å². The van der Waals surface area contributed by atoms with Crippen molar-refractivity contribution >= 4 is 27.5 Å². The summed E-state index contributed by atoms with van der Waals surface area (Å²) in [6, 6.07) is 22.6. The molecule has 1 unspecified atom stereocenters. The van der Waals surface area contributed by atoms with Gasteiger partial charge in [-0.15, -0.1) is 0 Å². The van der Waals surface area contributed by atoms with Crippen molar-refractivity contribution in [3.05, 3.63) is 90.0 Å². The SMILES string of the molecule is CCC(C(=O)NC(C)(C)C)N(Cc1ccccc1C)C(=O)CN(c1ccc(Oc2ccccc2)cc1)S(C)(=O)=O. The van der Waals surface area contributed by atoms with Gasteiger partial charge in [-0.1, -0.05) is 49.4 Å². The van der Waals surface area contributed by atoms with E-state index in [4.69, 9.17) is 4.74 Å². The van der Waals surface area contributed by atoms with E-state index in [0.717, 1.165) is 21.7 Å². The molecule has 3 aromatic carbocycles. The summed E-state index contributed by atoms with van der Waals surface area (Å²) < 4.78 is 32.6. The molecule has 0 fully saturated rings. The van der Waals surface area contributed by atoms with Gasteiger partial charge in [-0.2, -0.15) is 0 Å². The van der Waals surface area contributed by atoms with Crippen LogP contribution in [-0.2, 0) is 26.2 Å². The fourth-order valence-corrected chi connectivity index (χ4v) is 5.11. The van der Waals surface area contributed by atoms with E-state index < -0.39 is 34.1 Å². The molecule has 0 aliphatic carbocycles. The molecule has 8 nitrogen and oxygen atoms in total. The molecule has 0 heterocycles. The number of hydrogen-bond donors (Lipinski definition) is 1. The van der Waals surface area contributed by atoms with Crippen molar-refractivity contribution < 1.29 is 22.7 Å². The Kier molecular flexibility index (Phi) is 9.98. The van der Waals surface area contributed by atoms with E-state index in [1.54, 1.807) is 24.3 Å². The van der Waals surface area contributed by atoms with Gasteiger partial charge in [-0.25, -0.2) is 8.42 Å². The van der Waals surface area contributed by atoms with Crippen LogP contribution in [-0.4, -0.2) is 49.5 Å². The molecule has 9 heteroatoms. The van der Waals surface area contributed by atoms with Crippen molar-refractivity contribution in [1.82, 2.24) is 10.2 Å². The van der Waals surface area contributed by atoms with Gasteiger partial charge in [-0.05, 0) is 81.6 Å². The highest BCUT2D eigenvalue weighted by Crippen LogP contribution is 2.26. The molecule has 1 N–H and O–H groups in total. The fourth-order valence-electron chi connectivity index (χ4n) is 4.26. The number of hydrogen-bond acceptors (Lipinski definition) is 5. The number of nitrogens with zero attached hydrogens (tertiary/aromatic N) is 2. The summed E-state index contributed by atoms with van der Waals surface area (Å²) in [6.07, 6.45) is 1.42. The van der Waals surface area contributed by atoms with Gasteiger partial charge in [0.05, 0.1) is 11.9 Å². The summed E-state index contributed by atoms with van der Waals surface area (Å²) in [6.45, 7) is 9.12. The van der Waals surface area contributed by atoms with Crippen LogP contribution in [0.15, 0.2) is 78.9 Å².